The number of nitrogens with zero attached hydrogens (tertiary/aromatic N) is 1. The summed E-state index contributed by atoms with van der Waals surface area (Å²) in [7, 11) is 0. The summed E-state index contributed by atoms with van der Waals surface area (Å²) in [5.41, 5.74) is 0.849. The van der Waals surface area contributed by atoms with Gasteiger partial charge in [0.25, 0.3) is 0 Å². The summed E-state index contributed by atoms with van der Waals surface area (Å²) in [5.74, 6) is 0.867. The van der Waals surface area contributed by atoms with Crippen molar-refractivity contribution in [1.29, 1.82) is 0 Å². The van der Waals surface area contributed by atoms with Gasteiger partial charge in [-0.1, -0.05) is 13.0 Å². The standard InChI is InChI=1S/C10H16N2O/c1-3-6-11-10-5-4-9(7-12-10)8(2)13/h4-5,7-8,13H,3,6H2,1-2H3,(H,11,12). The third-order valence-electron chi connectivity index (χ3n) is 1.82. The summed E-state index contributed by atoms with van der Waals surface area (Å²) in [4.78, 5) is 4.17. The molecule has 1 aromatic heterocycles. The molecule has 0 aromatic carbocycles. The van der Waals surface area contributed by atoms with Gasteiger partial charge in [0.1, 0.15) is 5.82 Å². The first-order valence-corrected chi connectivity index (χ1v) is 4.62. The highest BCUT2D eigenvalue weighted by Crippen LogP contribution is 2.12. The molecule has 0 saturated carbocycles. The average molecular weight is 180 g/mol. The minimum Gasteiger partial charge on any atom is -0.389 e. The van der Waals surface area contributed by atoms with E-state index in [1.165, 1.54) is 0 Å². The van der Waals surface area contributed by atoms with Crippen LogP contribution in [0.1, 0.15) is 31.9 Å². The first-order valence-electron chi connectivity index (χ1n) is 4.62. The summed E-state index contributed by atoms with van der Waals surface area (Å²) < 4.78 is 0. The molecule has 0 amide bonds. The molecule has 1 heterocycles. The number of rotatable bonds is 4. The Morgan fingerprint density at radius 1 is 1.54 bits per heavy atom. The predicted molar refractivity (Wildman–Crippen MR) is 53.7 cm³/mol. The fourth-order valence-corrected chi connectivity index (χ4v) is 1.01. The Morgan fingerprint density at radius 2 is 2.31 bits per heavy atom. The van der Waals surface area contributed by atoms with Crippen LogP contribution in [-0.4, -0.2) is 16.6 Å². The van der Waals surface area contributed by atoms with Gasteiger partial charge >= 0.3 is 0 Å². The molecule has 1 unspecified atom stereocenters. The zero-order valence-corrected chi connectivity index (χ0v) is 8.12. The number of pyridine rings is 1. The molecule has 1 rings (SSSR count). The Kier molecular flexibility index (Phi) is 3.71. The van der Waals surface area contributed by atoms with Crippen molar-refractivity contribution in [2.45, 2.75) is 26.4 Å². The minimum atomic E-state index is -0.437. The van der Waals surface area contributed by atoms with Gasteiger partial charge in [-0.05, 0) is 25.0 Å². The van der Waals surface area contributed by atoms with Crippen LogP contribution in [0.5, 0.6) is 0 Å². The quantitative estimate of drug-likeness (QED) is 0.744. The molecule has 0 bridgehead atoms. The van der Waals surface area contributed by atoms with E-state index < -0.39 is 6.10 Å². The Labute approximate surface area is 78.8 Å². The summed E-state index contributed by atoms with van der Waals surface area (Å²) in [6, 6.07) is 3.77. The topological polar surface area (TPSA) is 45.1 Å². The molecule has 3 nitrogen and oxygen atoms in total. The van der Waals surface area contributed by atoms with Gasteiger partial charge in [0.15, 0.2) is 0 Å². The molecule has 0 fully saturated rings. The van der Waals surface area contributed by atoms with Crippen LogP contribution in [-0.2, 0) is 0 Å². The van der Waals surface area contributed by atoms with Crippen molar-refractivity contribution in [3.8, 4) is 0 Å². The van der Waals surface area contributed by atoms with Crippen LogP contribution in [0.3, 0.4) is 0 Å². The predicted octanol–water partition coefficient (Wildman–Crippen LogP) is 1.96. The van der Waals surface area contributed by atoms with Gasteiger partial charge in [-0.3, -0.25) is 0 Å². The second-order valence-corrected chi connectivity index (χ2v) is 3.08. The van der Waals surface area contributed by atoms with Gasteiger partial charge in [-0.15, -0.1) is 0 Å². The van der Waals surface area contributed by atoms with Crippen molar-refractivity contribution in [3.63, 3.8) is 0 Å². The molecular weight excluding hydrogens is 164 g/mol. The fraction of sp³-hybridized carbons (Fsp3) is 0.500. The van der Waals surface area contributed by atoms with Crippen molar-refractivity contribution in [2.24, 2.45) is 0 Å². The molecule has 0 aliphatic rings. The third-order valence-corrected chi connectivity index (χ3v) is 1.82. The van der Waals surface area contributed by atoms with Gasteiger partial charge in [-0.25, -0.2) is 4.98 Å². The molecule has 0 radical (unpaired) electrons. The minimum absolute atomic E-state index is 0.437. The van der Waals surface area contributed by atoms with Crippen molar-refractivity contribution in [3.05, 3.63) is 23.9 Å². The maximum atomic E-state index is 9.23. The molecule has 0 aliphatic carbocycles. The van der Waals surface area contributed by atoms with Crippen molar-refractivity contribution >= 4 is 5.82 Å². The third kappa shape index (κ3) is 3.03. The Bertz CT molecular complexity index is 244. The number of hydrogen-bond donors (Lipinski definition) is 2. The number of nitrogens with one attached hydrogen (secondary N) is 1. The molecule has 72 valence electrons. The maximum absolute atomic E-state index is 9.23. The van der Waals surface area contributed by atoms with Crippen molar-refractivity contribution < 1.29 is 5.11 Å². The smallest absolute Gasteiger partial charge is 0.125 e. The largest absolute Gasteiger partial charge is 0.389 e. The van der Waals surface area contributed by atoms with E-state index in [0.29, 0.717) is 0 Å². The second-order valence-electron chi connectivity index (χ2n) is 3.08. The van der Waals surface area contributed by atoms with Gasteiger partial charge in [0.05, 0.1) is 6.10 Å². The first-order chi connectivity index (χ1) is 6.24. The van der Waals surface area contributed by atoms with Crippen LogP contribution >= 0.6 is 0 Å². The molecule has 3 heteroatoms. The van der Waals surface area contributed by atoms with Gasteiger partial charge in [-0.2, -0.15) is 0 Å². The van der Waals surface area contributed by atoms with Crippen LogP contribution in [0.4, 0.5) is 5.82 Å². The molecule has 0 spiro atoms. The SMILES string of the molecule is CCCNc1ccc(C(C)O)cn1. The highest BCUT2D eigenvalue weighted by Gasteiger charge is 2.00. The lowest BCUT2D eigenvalue weighted by molar-refractivity contribution is 0.199. The molecule has 0 saturated heterocycles. The summed E-state index contributed by atoms with van der Waals surface area (Å²) in [6.07, 6.45) is 2.34. The second kappa shape index (κ2) is 4.82. The van der Waals surface area contributed by atoms with E-state index in [1.54, 1.807) is 13.1 Å². The highest BCUT2D eigenvalue weighted by atomic mass is 16.3. The lowest BCUT2D eigenvalue weighted by Crippen LogP contribution is -2.02. The number of aliphatic hydroxyl groups is 1. The van der Waals surface area contributed by atoms with E-state index in [4.69, 9.17) is 0 Å². The lowest BCUT2D eigenvalue weighted by atomic mass is 10.2. The van der Waals surface area contributed by atoms with Crippen LogP contribution in [0.15, 0.2) is 18.3 Å². The van der Waals surface area contributed by atoms with E-state index in [0.717, 1.165) is 24.3 Å². The highest BCUT2D eigenvalue weighted by molar-refractivity contribution is 5.35. The Hall–Kier alpha value is -1.09. The molecule has 1 aromatic rings. The summed E-state index contributed by atoms with van der Waals surface area (Å²) in [6.45, 7) is 4.77. The summed E-state index contributed by atoms with van der Waals surface area (Å²) in [5, 5.41) is 12.4. The number of anilines is 1. The zero-order chi connectivity index (χ0) is 9.68. The van der Waals surface area contributed by atoms with Crippen LogP contribution in [0.25, 0.3) is 0 Å². The van der Waals surface area contributed by atoms with Crippen LogP contribution < -0.4 is 5.32 Å². The number of hydrogen-bond acceptors (Lipinski definition) is 3. The van der Waals surface area contributed by atoms with Gasteiger partial charge in [0.2, 0.25) is 0 Å². The molecule has 13 heavy (non-hydrogen) atoms. The van der Waals surface area contributed by atoms with Crippen LogP contribution in [0.2, 0.25) is 0 Å². The van der Waals surface area contributed by atoms with Gasteiger partial charge < -0.3 is 10.4 Å². The number of aromatic nitrogens is 1. The monoisotopic (exact) mass is 180 g/mol. The Morgan fingerprint density at radius 3 is 2.77 bits per heavy atom. The van der Waals surface area contributed by atoms with E-state index in [-0.39, 0.29) is 0 Å². The van der Waals surface area contributed by atoms with E-state index in [1.807, 2.05) is 12.1 Å². The van der Waals surface area contributed by atoms with E-state index >= 15 is 0 Å². The molecular formula is C10H16N2O. The van der Waals surface area contributed by atoms with Crippen molar-refractivity contribution in [1.82, 2.24) is 4.98 Å². The molecule has 0 aliphatic heterocycles. The van der Waals surface area contributed by atoms with Crippen molar-refractivity contribution in [2.75, 3.05) is 11.9 Å². The van der Waals surface area contributed by atoms with E-state index in [9.17, 15) is 5.11 Å². The Balaban J connectivity index is 2.59. The normalized spacial score (nSPS) is 12.5. The van der Waals surface area contributed by atoms with Gasteiger partial charge in [0, 0.05) is 12.7 Å². The average Bonchev–Trinajstić information content (AvgIpc) is 2.15. The van der Waals surface area contributed by atoms with Crippen LogP contribution in [0, 0.1) is 0 Å². The maximum Gasteiger partial charge on any atom is 0.125 e. The fourth-order valence-electron chi connectivity index (χ4n) is 1.01. The summed E-state index contributed by atoms with van der Waals surface area (Å²) >= 11 is 0. The molecule has 2 N–H and O–H groups in total. The van der Waals surface area contributed by atoms with E-state index in [2.05, 4.69) is 17.2 Å². The zero-order valence-electron chi connectivity index (χ0n) is 8.12. The lowest BCUT2D eigenvalue weighted by Gasteiger charge is -2.06. The first kappa shape index (κ1) is 9.99. The molecule has 1 atom stereocenters. The number of aliphatic hydroxyl groups excluding tert-OH is 1.